The van der Waals surface area contributed by atoms with Gasteiger partial charge in [-0.3, -0.25) is 9.69 Å². The maximum absolute atomic E-state index is 12.8. The van der Waals surface area contributed by atoms with Crippen molar-refractivity contribution in [3.8, 4) is 5.75 Å². The molecular weight excluding hydrogens is 630 g/mol. The quantitative estimate of drug-likeness (QED) is 0.206. The topological polar surface area (TPSA) is 58.6 Å². The molecule has 4 rings (SSSR count). The Morgan fingerprint density at radius 3 is 2.25 bits per heavy atom. The third kappa shape index (κ3) is 5.32. The normalized spacial score (nSPS) is 14.7. The summed E-state index contributed by atoms with van der Waals surface area (Å²) in [6, 6.07) is 21.2. The Kier molecular flexibility index (Phi) is 7.14. The molecule has 0 atom stereocenters. The minimum Gasteiger partial charge on any atom is -0.487 e. The Morgan fingerprint density at radius 2 is 1.59 bits per heavy atom. The number of hydrogen-bond acceptors (Lipinski definition) is 3. The molecule has 162 valence electrons. The number of carbonyl (C=O) groups excluding carboxylic acids is 2. The molecule has 32 heavy (non-hydrogen) atoms. The van der Waals surface area contributed by atoms with Crippen molar-refractivity contribution in [2.24, 2.45) is 0 Å². The number of ether oxygens (including phenoxy) is 1. The van der Waals surface area contributed by atoms with E-state index >= 15 is 0 Å². The molecule has 1 aliphatic heterocycles. The zero-order valence-corrected chi connectivity index (χ0v) is 21.6. The van der Waals surface area contributed by atoms with Gasteiger partial charge in [0.25, 0.3) is 5.91 Å². The number of halogens is 2. The highest BCUT2D eigenvalue weighted by molar-refractivity contribution is 14.1. The second kappa shape index (κ2) is 10.0. The molecule has 0 saturated carbocycles. The van der Waals surface area contributed by atoms with Crippen molar-refractivity contribution < 1.29 is 14.3 Å². The number of nitrogens with one attached hydrogen (secondary N) is 1. The molecule has 3 aromatic rings. The van der Waals surface area contributed by atoms with Crippen LogP contribution in [0.2, 0.25) is 0 Å². The molecule has 1 fully saturated rings. The van der Waals surface area contributed by atoms with Gasteiger partial charge in [-0.15, -0.1) is 0 Å². The standard InChI is InChI=1S/C25H20I2N2O3/c1-16-7-9-18(10-8-16)15-32-23-20(26)11-19(12-21(23)27)13-22-24(30)29(25(31)28-22)14-17-5-3-2-4-6-17/h2-13H,14-15H2,1H3,(H,28,31)/b22-13+. The van der Waals surface area contributed by atoms with Crippen molar-refractivity contribution in [1.29, 1.82) is 0 Å². The summed E-state index contributed by atoms with van der Waals surface area (Å²) in [6.45, 7) is 2.78. The summed E-state index contributed by atoms with van der Waals surface area (Å²) >= 11 is 4.47. The van der Waals surface area contributed by atoms with E-state index in [1.807, 2.05) is 42.5 Å². The zero-order chi connectivity index (χ0) is 22.7. The van der Waals surface area contributed by atoms with Crippen LogP contribution >= 0.6 is 45.2 Å². The van der Waals surface area contributed by atoms with E-state index in [4.69, 9.17) is 4.74 Å². The third-order valence-electron chi connectivity index (χ3n) is 4.98. The molecule has 7 heteroatoms. The summed E-state index contributed by atoms with van der Waals surface area (Å²) in [4.78, 5) is 26.4. The van der Waals surface area contributed by atoms with Gasteiger partial charge in [-0.05, 0) is 87.0 Å². The van der Waals surface area contributed by atoms with E-state index in [0.29, 0.717) is 6.61 Å². The fraction of sp³-hybridized carbons (Fsp3) is 0.120. The molecule has 1 N–H and O–H groups in total. The minimum absolute atomic E-state index is 0.240. The van der Waals surface area contributed by atoms with Crippen LogP contribution in [-0.4, -0.2) is 16.8 Å². The number of rotatable bonds is 6. The third-order valence-corrected chi connectivity index (χ3v) is 6.58. The molecule has 1 saturated heterocycles. The fourth-order valence-electron chi connectivity index (χ4n) is 3.29. The van der Waals surface area contributed by atoms with Gasteiger partial charge >= 0.3 is 6.03 Å². The van der Waals surface area contributed by atoms with Crippen LogP contribution in [0.3, 0.4) is 0 Å². The van der Waals surface area contributed by atoms with E-state index in [1.54, 1.807) is 6.08 Å². The summed E-state index contributed by atoms with van der Waals surface area (Å²) in [5.74, 6) is 0.477. The lowest BCUT2D eigenvalue weighted by Crippen LogP contribution is -2.30. The van der Waals surface area contributed by atoms with Gasteiger partial charge in [-0.1, -0.05) is 60.2 Å². The highest BCUT2D eigenvalue weighted by Gasteiger charge is 2.33. The fourth-order valence-corrected chi connectivity index (χ4v) is 5.42. The lowest BCUT2D eigenvalue weighted by molar-refractivity contribution is -0.123. The number of hydrogen-bond donors (Lipinski definition) is 1. The molecule has 0 radical (unpaired) electrons. The second-order valence-electron chi connectivity index (χ2n) is 7.45. The SMILES string of the molecule is Cc1ccc(COc2c(I)cc(/C=C3/NC(=O)N(Cc4ccccc4)C3=O)cc2I)cc1. The van der Waals surface area contributed by atoms with Crippen molar-refractivity contribution in [2.75, 3.05) is 0 Å². The molecule has 1 heterocycles. The Labute approximate surface area is 214 Å². The van der Waals surface area contributed by atoms with E-state index in [1.165, 1.54) is 10.5 Å². The van der Waals surface area contributed by atoms with Crippen LogP contribution in [0.25, 0.3) is 6.08 Å². The van der Waals surface area contributed by atoms with Crippen LogP contribution in [0.15, 0.2) is 72.4 Å². The van der Waals surface area contributed by atoms with Gasteiger partial charge in [0.05, 0.1) is 13.7 Å². The highest BCUT2D eigenvalue weighted by atomic mass is 127. The largest absolute Gasteiger partial charge is 0.487 e. The number of benzene rings is 3. The first-order valence-electron chi connectivity index (χ1n) is 9.96. The van der Waals surface area contributed by atoms with Crippen LogP contribution in [0.1, 0.15) is 22.3 Å². The van der Waals surface area contributed by atoms with Gasteiger partial charge in [0, 0.05) is 0 Å². The number of imide groups is 1. The van der Waals surface area contributed by atoms with Gasteiger partial charge in [0.1, 0.15) is 18.1 Å². The van der Waals surface area contributed by atoms with Crippen molar-refractivity contribution >= 4 is 63.2 Å². The van der Waals surface area contributed by atoms with E-state index in [2.05, 4.69) is 81.7 Å². The molecule has 0 unspecified atom stereocenters. The number of nitrogens with zero attached hydrogens (tertiary/aromatic N) is 1. The van der Waals surface area contributed by atoms with Gasteiger partial charge in [-0.25, -0.2) is 4.79 Å². The number of amides is 3. The monoisotopic (exact) mass is 650 g/mol. The molecule has 3 aromatic carbocycles. The predicted molar refractivity (Wildman–Crippen MR) is 141 cm³/mol. The molecule has 5 nitrogen and oxygen atoms in total. The summed E-state index contributed by atoms with van der Waals surface area (Å²) in [5.41, 5.74) is 4.31. The van der Waals surface area contributed by atoms with E-state index < -0.39 is 6.03 Å². The van der Waals surface area contributed by atoms with Crippen LogP contribution in [0.4, 0.5) is 4.79 Å². The summed E-state index contributed by atoms with van der Waals surface area (Å²) in [5, 5.41) is 2.69. The van der Waals surface area contributed by atoms with Crippen molar-refractivity contribution in [3.05, 3.63) is 102 Å². The summed E-state index contributed by atoms with van der Waals surface area (Å²) in [6.07, 6.45) is 1.71. The van der Waals surface area contributed by atoms with Crippen LogP contribution in [-0.2, 0) is 17.9 Å². The zero-order valence-electron chi connectivity index (χ0n) is 17.3. The number of carbonyl (C=O) groups is 2. The van der Waals surface area contributed by atoms with E-state index in [-0.39, 0.29) is 18.1 Å². The maximum atomic E-state index is 12.8. The van der Waals surface area contributed by atoms with E-state index in [0.717, 1.165) is 29.6 Å². The molecule has 0 bridgehead atoms. The van der Waals surface area contributed by atoms with Crippen LogP contribution in [0, 0.1) is 14.1 Å². The average molecular weight is 650 g/mol. The molecular formula is C25H20I2N2O3. The molecule has 0 spiro atoms. The molecule has 1 aliphatic rings. The van der Waals surface area contributed by atoms with Crippen LogP contribution < -0.4 is 10.1 Å². The lowest BCUT2D eigenvalue weighted by Gasteiger charge is -2.12. The Balaban J connectivity index is 1.49. The summed E-state index contributed by atoms with van der Waals surface area (Å²) in [7, 11) is 0. The van der Waals surface area contributed by atoms with Crippen LogP contribution in [0.5, 0.6) is 5.75 Å². The Morgan fingerprint density at radius 1 is 0.938 bits per heavy atom. The maximum Gasteiger partial charge on any atom is 0.329 e. The predicted octanol–water partition coefficient (Wildman–Crippen LogP) is 5.88. The average Bonchev–Trinajstić information content (AvgIpc) is 3.02. The van der Waals surface area contributed by atoms with Crippen molar-refractivity contribution in [2.45, 2.75) is 20.1 Å². The highest BCUT2D eigenvalue weighted by Crippen LogP contribution is 2.31. The van der Waals surface area contributed by atoms with Gasteiger partial charge in [0.15, 0.2) is 0 Å². The van der Waals surface area contributed by atoms with Gasteiger partial charge < -0.3 is 10.1 Å². The molecule has 0 aliphatic carbocycles. The summed E-state index contributed by atoms with van der Waals surface area (Å²) < 4.78 is 7.93. The van der Waals surface area contributed by atoms with Gasteiger partial charge in [0.2, 0.25) is 0 Å². The Hall–Kier alpha value is -2.40. The van der Waals surface area contributed by atoms with E-state index in [9.17, 15) is 9.59 Å². The second-order valence-corrected chi connectivity index (χ2v) is 9.78. The minimum atomic E-state index is -0.410. The molecule has 0 aromatic heterocycles. The first kappa shape index (κ1) is 22.8. The lowest BCUT2D eigenvalue weighted by atomic mass is 10.1. The number of urea groups is 1. The van der Waals surface area contributed by atoms with Gasteiger partial charge in [-0.2, -0.15) is 0 Å². The van der Waals surface area contributed by atoms with Crippen molar-refractivity contribution in [1.82, 2.24) is 10.2 Å². The Bertz CT molecular complexity index is 1170. The molecule has 3 amide bonds. The number of aryl methyl sites for hydroxylation is 1. The smallest absolute Gasteiger partial charge is 0.329 e. The first-order valence-corrected chi connectivity index (χ1v) is 12.1. The van der Waals surface area contributed by atoms with Crippen molar-refractivity contribution in [3.63, 3.8) is 0 Å². The first-order chi connectivity index (χ1) is 15.4.